The summed E-state index contributed by atoms with van der Waals surface area (Å²) in [5, 5.41) is 3.70. The summed E-state index contributed by atoms with van der Waals surface area (Å²) in [7, 11) is 0. The SMILES string of the molecule is CC1=C/C(=N\OC2=C(Cl)C(=O)c3ccccc3C2=O)C(C(C)C)=CC1=O. The number of halogens is 1. The number of rotatable bonds is 3. The summed E-state index contributed by atoms with van der Waals surface area (Å²) >= 11 is 6.06. The van der Waals surface area contributed by atoms with Gasteiger partial charge in [0.05, 0.1) is 0 Å². The van der Waals surface area contributed by atoms with Crippen LogP contribution in [0.3, 0.4) is 0 Å². The second-order valence-corrected chi connectivity index (χ2v) is 6.74. The predicted molar refractivity (Wildman–Crippen MR) is 98.2 cm³/mol. The van der Waals surface area contributed by atoms with Crippen molar-refractivity contribution in [1.29, 1.82) is 0 Å². The van der Waals surface area contributed by atoms with Crippen LogP contribution in [-0.4, -0.2) is 23.1 Å². The Kier molecular flexibility index (Phi) is 4.74. The number of benzene rings is 1. The first-order valence-corrected chi connectivity index (χ1v) is 8.47. The van der Waals surface area contributed by atoms with Crippen LogP contribution in [0.2, 0.25) is 0 Å². The van der Waals surface area contributed by atoms with Gasteiger partial charge in [0.15, 0.2) is 5.78 Å². The highest BCUT2D eigenvalue weighted by Crippen LogP contribution is 2.30. The van der Waals surface area contributed by atoms with Crippen molar-refractivity contribution in [3.05, 3.63) is 69.5 Å². The van der Waals surface area contributed by atoms with Gasteiger partial charge in [-0.15, -0.1) is 0 Å². The Morgan fingerprint density at radius 2 is 1.62 bits per heavy atom. The fraction of sp³-hybridized carbons (Fsp3) is 0.200. The molecular weight excluding hydrogens is 354 g/mol. The molecule has 0 amide bonds. The zero-order valence-electron chi connectivity index (χ0n) is 14.5. The first kappa shape index (κ1) is 18.0. The Bertz CT molecular complexity index is 964. The number of carbonyl (C=O) groups is 3. The fourth-order valence-electron chi connectivity index (χ4n) is 2.73. The Labute approximate surface area is 155 Å². The number of hydrogen-bond donors (Lipinski definition) is 0. The minimum atomic E-state index is -0.503. The molecule has 0 heterocycles. The summed E-state index contributed by atoms with van der Waals surface area (Å²) in [6.07, 6.45) is 3.09. The van der Waals surface area contributed by atoms with Gasteiger partial charge in [-0.05, 0) is 36.1 Å². The van der Waals surface area contributed by atoms with Crippen molar-refractivity contribution in [3.8, 4) is 0 Å². The Morgan fingerprint density at radius 3 is 2.23 bits per heavy atom. The normalized spacial score (nSPS) is 19.0. The molecule has 0 aliphatic heterocycles. The van der Waals surface area contributed by atoms with Crippen LogP contribution < -0.4 is 0 Å². The Balaban J connectivity index is 1.98. The van der Waals surface area contributed by atoms with E-state index in [1.54, 1.807) is 31.2 Å². The molecule has 0 bridgehead atoms. The number of allylic oxidation sites excluding steroid dienone is 6. The Morgan fingerprint density at radius 1 is 1.00 bits per heavy atom. The first-order valence-electron chi connectivity index (χ1n) is 8.09. The lowest BCUT2D eigenvalue weighted by Gasteiger charge is -2.18. The summed E-state index contributed by atoms with van der Waals surface area (Å²) in [4.78, 5) is 42.1. The van der Waals surface area contributed by atoms with E-state index in [1.165, 1.54) is 12.1 Å². The lowest BCUT2D eigenvalue weighted by molar-refractivity contribution is -0.111. The zero-order chi connectivity index (χ0) is 19.0. The second-order valence-electron chi connectivity index (χ2n) is 6.36. The number of hydrogen-bond acceptors (Lipinski definition) is 5. The fourth-order valence-corrected chi connectivity index (χ4v) is 2.95. The third kappa shape index (κ3) is 3.06. The van der Waals surface area contributed by atoms with Crippen molar-refractivity contribution < 1.29 is 19.2 Å². The molecule has 0 unspecified atom stereocenters. The van der Waals surface area contributed by atoms with Crippen LogP contribution in [0.15, 0.2) is 63.5 Å². The van der Waals surface area contributed by atoms with Gasteiger partial charge >= 0.3 is 0 Å². The van der Waals surface area contributed by atoms with Crippen molar-refractivity contribution in [3.63, 3.8) is 0 Å². The Hall–Kier alpha value is -2.79. The third-order valence-electron chi connectivity index (χ3n) is 4.20. The number of carbonyl (C=O) groups excluding carboxylic acids is 3. The average molecular weight is 370 g/mol. The van der Waals surface area contributed by atoms with Crippen LogP contribution in [0.1, 0.15) is 41.5 Å². The zero-order valence-corrected chi connectivity index (χ0v) is 15.3. The van der Waals surface area contributed by atoms with Gasteiger partial charge in [0, 0.05) is 11.1 Å². The van der Waals surface area contributed by atoms with Crippen LogP contribution in [0.5, 0.6) is 0 Å². The van der Waals surface area contributed by atoms with E-state index in [1.807, 2.05) is 13.8 Å². The molecular formula is C20H16ClNO4. The molecule has 6 heteroatoms. The topological polar surface area (TPSA) is 72.8 Å². The van der Waals surface area contributed by atoms with Crippen molar-refractivity contribution in [2.45, 2.75) is 20.8 Å². The van der Waals surface area contributed by atoms with Gasteiger partial charge in [0.2, 0.25) is 17.3 Å². The molecule has 0 saturated heterocycles. The lowest BCUT2D eigenvalue weighted by atomic mass is 9.90. The summed E-state index contributed by atoms with van der Waals surface area (Å²) in [5.74, 6) is -1.37. The number of ketones is 3. The summed E-state index contributed by atoms with van der Waals surface area (Å²) in [5.41, 5.74) is 2.08. The standard InChI is InChI=1S/C20H16ClNO4/c1-10(2)14-9-16(23)11(3)8-15(14)22-26-20-17(21)18(24)12-6-4-5-7-13(12)19(20)25/h4-10H,1-3H3/b22-15+. The molecule has 1 aromatic carbocycles. The highest BCUT2D eigenvalue weighted by molar-refractivity contribution is 6.49. The van der Waals surface area contributed by atoms with E-state index in [0.717, 1.165) is 0 Å². The summed E-state index contributed by atoms with van der Waals surface area (Å²) < 4.78 is 0. The minimum Gasteiger partial charge on any atom is -0.350 e. The molecule has 0 aromatic heterocycles. The lowest BCUT2D eigenvalue weighted by Crippen LogP contribution is -2.21. The van der Waals surface area contributed by atoms with E-state index in [4.69, 9.17) is 16.4 Å². The van der Waals surface area contributed by atoms with Crippen molar-refractivity contribution in [2.24, 2.45) is 11.1 Å². The van der Waals surface area contributed by atoms with Crippen molar-refractivity contribution in [1.82, 2.24) is 0 Å². The van der Waals surface area contributed by atoms with E-state index >= 15 is 0 Å². The van der Waals surface area contributed by atoms with Gasteiger partial charge in [0.1, 0.15) is 10.7 Å². The summed E-state index contributed by atoms with van der Waals surface area (Å²) in [6, 6.07) is 6.40. The molecule has 0 spiro atoms. The molecule has 0 saturated carbocycles. The molecule has 5 nitrogen and oxygen atoms in total. The number of oxime groups is 1. The maximum Gasteiger partial charge on any atom is 0.233 e. The van der Waals surface area contributed by atoms with E-state index < -0.39 is 11.6 Å². The third-order valence-corrected chi connectivity index (χ3v) is 4.55. The smallest absolute Gasteiger partial charge is 0.233 e. The van der Waals surface area contributed by atoms with E-state index in [-0.39, 0.29) is 33.6 Å². The maximum absolute atomic E-state index is 12.6. The van der Waals surface area contributed by atoms with Gasteiger partial charge in [0.25, 0.3) is 0 Å². The molecule has 3 rings (SSSR count). The van der Waals surface area contributed by atoms with Gasteiger partial charge < -0.3 is 4.84 Å². The highest BCUT2D eigenvalue weighted by Gasteiger charge is 2.33. The predicted octanol–water partition coefficient (Wildman–Crippen LogP) is 4.00. The van der Waals surface area contributed by atoms with E-state index in [2.05, 4.69) is 5.16 Å². The molecule has 0 radical (unpaired) electrons. The first-order chi connectivity index (χ1) is 12.3. The van der Waals surface area contributed by atoms with E-state index in [0.29, 0.717) is 16.9 Å². The van der Waals surface area contributed by atoms with E-state index in [9.17, 15) is 14.4 Å². The number of Topliss-reactive ketones (excluding diaryl/α,β-unsaturated/α-hetero) is 2. The van der Waals surface area contributed by atoms with Crippen LogP contribution in [0.25, 0.3) is 0 Å². The molecule has 1 aromatic rings. The molecule has 26 heavy (non-hydrogen) atoms. The number of nitrogens with zero attached hydrogens (tertiary/aromatic N) is 1. The van der Waals surface area contributed by atoms with Crippen LogP contribution in [0, 0.1) is 5.92 Å². The molecule has 132 valence electrons. The van der Waals surface area contributed by atoms with Crippen molar-refractivity contribution in [2.75, 3.05) is 0 Å². The molecule has 0 fully saturated rings. The monoisotopic (exact) mass is 369 g/mol. The molecule has 0 atom stereocenters. The second kappa shape index (κ2) is 6.84. The molecule has 0 N–H and O–H groups in total. The van der Waals surface area contributed by atoms with Crippen LogP contribution in [-0.2, 0) is 9.63 Å². The van der Waals surface area contributed by atoms with Gasteiger partial charge in [-0.3, -0.25) is 14.4 Å². The summed E-state index contributed by atoms with van der Waals surface area (Å²) in [6.45, 7) is 5.51. The van der Waals surface area contributed by atoms with Crippen molar-refractivity contribution >= 4 is 34.7 Å². The quantitative estimate of drug-likeness (QED) is 0.596. The van der Waals surface area contributed by atoms with Gasteiger partial charge in [-0.1, -0.05) is 54.9 Å². The number of fused-ring (bicyclic) bond motifs is 1. The maximum atomic E-state index is 12.6. The van der Waals surface area contributed by atoms with Crippen LogP contribution in [0.4, 0.5) is 0 Å². The van der Waals surface area contributed by atoms with Crippen LogP contribution >= 0.6 is 11.6 Å². The van der Waals surface area contributed by atoms with Gasteiger partial charge in [-0.25, -0.2) is 0 Å². The average Bonchev–Trinajstić information content (AvgIpc) is 2.62. The minimum absolute atomic E-state index is 0.0273. The molecule has 2 aliphatic rings. The van der Waals surface area contributed by atoms with Gasteiger partial charge in [-0.2, -0.15) is 0 Å². The largest absolute Gasteiger partial charge is 0.350 e. The molecule has 2 aliphatic carbocycles. The highest BCUT2D eigenvalue weighted by atomic mass is 35.5.